The normalized spacial score (nSPS) is 11.8. The van der Waals surface area contributed by atoms with E-state index < -0.39 is 0 Å². The summed E-state index contributed by atoms with van der Waals surface area (Å²) in [7, 11) is 0. The number of pyridine rings is 1. The molecular weight excluding hydrogens is 290 g/mol. The molecule has 0 spiro atoms. The second kappa shape index (κ2) is 7.06. The predicted octanol–water partition coefficient (Wildman–Crippen LogP) is 2.41. The van der Waals surface area contributed by atoms with Crippen molar-refractivity contribution in [3.05, 3.63) is 58.9 Å². The average molecular weight is 306 g/mol. The largest absolute Gasteiger partial charge is 0.487 e. The Morgan fingerprint density at radius 3 is 2.71 bits per heavy atom. The van der Waals surface area contributed by atoms with Gasteiger partial charge in [-0.3, -0.25) is 15.2 Å². The Kier molecular flexibility index (Phi) is 5.14. The molecule has 0 aliphatic rings. The minimum absolute atomic E-state index is 0.219. The van der Waals surface area contributed by atoms with Crippen LogP contribution in [0.5, 0.6) is 5.75 Å². The van der Waals surface area contributed by atoms with Crippen molar-refractivity contribution < 1.29 is 9.53 Å². The topological polar surface area (TPSA) is 77.2 Å². The maximum Gasteiger partial charge on any atom is 0.241 e. The Bertz CT molecular complexity index is 617. The van der Waals surface area contributed by atoms with Crippen molar-refractivity contribution >= 4 is 17.5 Å². The number of hydrogen-bond donors (Lipinski definition) is 2. The van der Waals surface area contributed by atoms with Gasteiger partial charge in [-0.25, -0.2) is 5.84 Å². The lowest BCUT2D eigenvalue weighted by Crippen LogP contribution is -2.33. The van der Waals surface area contributed by atoms with E-state index in [1.165, 1.54) is 0 Å². The number of nitrogens with two attached hydrogens (primary N) is 1. The molecule has 0 saturated heterocycles. The third-order valence-electron chi connectivity index (χ3n) is 3.10. The number of rotatable bonds is 5. The molecule has 21 heavy (non-hydrogen) atoms. The summed E-state index contributed by atoms with van der Waals surface area (Å²) in [5.41, 5.74) is 4.03. The molecule has 0 fully saturated rings. The van der Waals surface area contributed by atoms with E-state index in [1.54, 1.807) is 25.4 Å². The van der Waals surface area contributed by atoms with Gasteiger partial charge in [-0.05, 0) is 18.1 Å². The first-order valence-corrected chi connectivity index (χ1v) is 6.80. The summed E-state index contributed by atoms with van der Waals surface area (Å²) >= 11 is 5.84. The van der Waals surface area contributed by atoms with E-state index in [2.05, 4.69) is 10.4 Å². The Morgan fingerprint density at radius 1 is 1.38 bits per heavy atom. The van der Waals surface area contributed by atoms with Crippen molar-refractivity contribution in [1.29, 1.82) is 0 Å². The zero-order chi connectivity index (χ0) is 15.2. The van der Waals surface area contributed by atoms with Gasteiger partial charge in [-0.1, -0.05) is 35.9 Å². The molecule has 1 unspecified atom stereocenters. The van der Waals surface area contributed by atoms with Gasteiger partial charge in [0.2, 0.25) is 5.91 Å². The number of aromatic nitrogens is 1. The lowest BCUT2D eigenvalue weighted by molar-refractivity contribution is -0.122. The number of hydrazine groups is 1. The highest BCUT2D eigenvalue weighted by Gasteiger charge is 2.13. The zero-order valence-corrected chi connectivity index (χ0v) is 12.3. The Morgan fingerprint density at radius 2 is 2.10 bits per heavy atom. The summed E-state index contributed by atoms with van der Waals surface area (Å²) in [4.78, 5) is 15.4. The third-order valence-corrected chi connectivity index (χ3v) is 3.31. The van der Waals surface area contributed by atoms with Gasteiger partial charge in [0.05, 0.1) is 17.1 Å². The molecule has 0 saturated carbocycles. The molecule has 0 aliphatic carbocycles. The molecule has 1 aromatic carbocycles. The van der Waals surface area contributed by atoms with E-state index in [0.29, 0.717) is 17.4 Å². The van der Waals surface area contributed by atoms with E-state index in [-0.39, 0.29) is 11.8 Å². The lowest BCUT2D eigenvalue weighted by Gasteiger charge is -2.11. The molecule has 3 N–H and O–H groups in total. The number of halogens is 1. The smallest absolute Gasteiger partial charge is 0.241 e. The molecule has 2 rings (SSSR count). The molecule has 110 valence electrons. The standard InChI is InChI=1S/C15H16ClN3O2/c1-10(15(20)19-17)12-4-2-11(3-5-12)9-21-14-6-13(16)7-18-8-14/h2-8,10H,9,17H2,1H3,(H,19,20). The first kappa shape index (κ1) is 15.3. The molecule has 1 heterocycles. The maximum atomic E-state index is 11.5. The number of amides is 1. The molecule has 0 aliphatic heterocycles. The van der Waals surface area contributed by atoms with Crippen LogP contribution in [-0.2, 0) is 11.4 Å². The van der Waals surface area contributed by atoms with E-state index >= 15 is 0 Å². The van der Waals surface area contributed by atoms with Gasteiger partial charge < -0.3 is 4.74 Å². The number of benzene rings is 1. The number of nitrogens with one attached hydrogen (secondary N) is 1. The summed E-state index contributed by atoms with van der Waals surface area (Å²) in [6.07, 6.45) is 3.15. The first-order chi connectivity index (χ1) is 10.1. The van der Waals surface area contributed by atoms with Crippen molar-refractivity contribution in [2.75, 3.05) is 0 Å². The van der Waals surface area contributed by atoms with Crippen LogP contribution in [0.25, 0.3) is 0 Å². The average Bonchev–Trinajstić information content (AvgIpc) is 2.52. The van der Waals surface area contributed by atoms with Crippen LogP contribution in [0, 0.1) is 0 Å². The summed E-state index contributed by atoms with van der Waals surface area (Å²) < 4.78 is 5.60. The quantitative estimate of drug-likeness (QED) is 0.505. The summed E-state index contributed by atoms with van der Waals surface area (Å²) in [6.45, 7) is 2.20. The second-order valence-electron chi connectivity index (χ2n) is 4.60. The molecule has 0 bridgehead atoms. The fourth-order valence-electron chi connectivity index (χ4n) is 1.82. The fourth-order valence-corrected chi connectivity index (χ4v) is 1.98. The molecule has 6 heteroatoms. The van der Waals surface area contributed by atoms with Crippen LogP contribution in [0.2, 0.25) is 5.02 Å². The monoisotopic (exact) mass is 305 g/mol. The molecule has 2 aromatic rings. The van der Waals surface area contributed by atoms with Gasteiger partial charge in [-0.15, -0.1) is 0 Å². The van der Waals surface area contributed by atoms with Gasteiger partial charge in [0.1, 0.15) is 12.4 Å². The number of ether oxygens (including phenoxy) is 1. The molecular formula is C15H16ClN3O2. The lowest BCUT2D eigenvalue weighted by atomic mass is 9.99. The summed E-state index contributed by atoms with van der Waals surface area (Å²) in [6, 6.07) is 9.29. The second-order valence-corrected chi connectivity index (χ2v) is 5.04. The van der Waals surface area contributed by atoms with Gasteiger partial charge in [0, 0.05) is 12.3 Å². The van der Waals surface area contributed by atoms with Crippen molar-refractivity contribution in [3.8, 4) is 5.75 Å². The first-order valence-electron chi connectivity index (χ1n) is 6.43. The van der Waals surface area contributed by atoms with Crippen LogP contribution in [0.3, 0.4) is 0 Å². The fraction of sp³-hybridized carbons (Fsp3) is 0.200. The van der Waals surface area contributed by atoms with E-state index in [4.69, 9.17) is 22.2 Å². The summed E-state index contributed by atoms with van der Waals surface area (Å²) in [5.74, 6) is 5.23. The molecule has 1 amide bonds. The molecule has 1 aromatic heterocycles. The highest BCUT2D eigenvalue weighted by molar-refractivity contribution is 6.30. The minimum Gasteiger partial charge on any atom is -0.487 e. The number of carbonyl (C=O) groups excluding carboxylic acids is 1. The van der Waals surface area contributed by atoms with Crippen LogP contribution in [0.15, 0.2) is 42.7 Å². The minimum atomic E-state index is -0.290. The van der Waals surface area contributed by atoms with Crippen LogP contribution in [-0.4, -0.2) is 10.9 Å². The van der Waals surface area contributed by atoms with Crippen molar-refractivity contribution in [2.24, 2.45) is 5.84 Å². The van der Waals surface area contributed by atoms with E-state index in [1.807, 2.05) is 24.3 Å². The highest BCUT2D eigenvalue weighted by atomic mass is 35.5. The van der Waals surface area contributed by atoms with Gasteiger partial charge in [-0.2, -0.15) is 0 Å². The predicted molar refractivity (Wildman–Crippen MR) is 80.8 cm³/mol. The van der Waals surface area contributed by atoms with Crippen LogP contribution < -0.4 is 16.0 Å². The maximum absolute atomic E-state index is 11.5. The number of hydrogen-bond acceptors (Lipinski definition) is 4. The van der Waals surface area contributed by atoms with Crippen LogP contribution >= 0.6 is 11.6 Å². The zero-order valence-electron chi connectivity index (χ0n) is 11.5. The third kappa shape index (κ3) is 4.18. The summed E-state index contributed by atoms with van der Waals surface area (Å²) in [5, 5.41) is 0.532. The van der Waals surface area contributed by atoms with Crippen LogP contribution in [0.1, 0.15) is 24.0 Å². The van der Waals surface area contributed by atoms with Crippen molar-refractivity contribution in [3.63, 3.8) is 0 Å². The number of carbonyl (C=O) groups is 1. The van der Waals surface area contributed by atoms with Gasteiger partial charge >= 0.3 is 0 Å². The van der Waals surface area contributed by atoms with Gasteiger partial charge in [0.25, 0.3) is 0 Å². The van der Waals surface area contributed by atoms with E-state index in [0.717, 1.165) is 11.1 Å². The van der Waals surface area contributed by atoms with E-state index in [9.17, 15) is 4.79 Å². The molecule has 1 atom stereocenters. The number of nitrogens with zero attached hydrogens (tertiary/aromatic N) is 1. The van der Waals surface area contributed by atoms with Crippen molar-refractivity contribution in [2.45, 2.75) is 19.4 Å². The van der Waals surface area contributed by atoms with Crippen molar-refractivity contribution in [1.82, 2.24) is 10.4 Å². The highest BCUT2D eigenvalue weighted by Crippen LogP contribution is 2.19. The Labute approximate surface area is 128 Å². The van der Waals surface area contributed by atoms with Crippen LogP contribution in [0.4, 0.5) is 0 Å². The SMILES string of the molecule is CC(C(=O)NN)c1ccc(COc2cncc(Cl)c2)cc1. The molecule has 0 radical (unpaired) electrons. The Balaban J connectivity index is 1.98. The molecule has 5 nitrogen and oxygen atoms in total. The van der Waals surface area contributed by atoms with Gasteiger partial charge in [0.15, 0.2) is 0 Å². The Hall–Kier alpha value is -2.11.